The van der Waals surface area contributed by atoms with Gasteiger partial charge in [0.05, 0.1) is 0 Å². The van der Waals surface area contributed by atoms with E-state index in [4.69, 9.17) is 10.9 Å². The topological polar surface area (TPSA) is 84.4 Å². The van der Waals surface area contributed by atoms with Gasteiger partial charge in [-0.25, -0.2) is 0 Å². The van der Waals surface area contributed by atoms with E-state index < -0.39 is 0 Å². The number of rotatable bonds is 4. The summed E-state index contributed by atoms with van der Waals surface area (Å²) in [5, 5.41) is 19.6. The predicted octanol–water partition coefficient (Wildman–Crippen LogP) is 2.51. The van der Waals surface area contributed by atoms with Gasteiger partial charge in [-0.1, -0.05) is 52.1 Å². The van der Waals surface area contributed by atoms with Gasteiger partial charge < -0.3 is 10.9 Å². The van der Waals surface area contributed by atoms with E-state index >= 15 is 0 Å². The molecule has 0 aliphatic heterocycles. The van der Waals surface area contributed by atoms with Crippen LogP contribution in [0.15, 0.2) is 43.0 Å². The Kier molecular flexibility index (Phi) is 4.45. The van der Waals surface area contributed by atoms with Crippen LogP contribution >= 0.6 is 34.9 Å². The number of aromatic nitrogens is 2. The van der Waals surface area contributed by atoms with Crippen LogP contribution in [-0.2, 0) is 0 Å². The minimum absolute atomic E-state index is 0.104. The minimum Gasteiger partial charge on any atom is -0.409 e. The van der Waals surface area contributed by atoms with Crippen molar-refractivity contribution in [2.45, 2.75) is 13.6 Å². The first-order chi connectivity index (χ1) is 8.72. The number of nitrogens with two attached hydrogens (primary N) is 1. The summed E-state index contributed by atoms with van der Waals surface area (Å²) >= 11 is 4.68. The van der Waals surface area contributed by atoms with Crippen LogP contribution < -0.4 is 5.73 Å². The number of oxime groups is 1. The monoisotopic (exact) mass is 298 g/mol. The van der Waals surface area contributed by atoms with E-state index in [1.165, 1.54) is 0 Å². The lowest BCUT2D eigenvalue weighted by atomic mass is 10.2. The van der Waals surface area contributed by atoms with E-state index in [1.54, 1.807) is 47.0 Å². The van der Waals surface area contributed by atoms with Gasteiger partial charge >= 0.3 is 0 Å². The fraction of sp³-hybridized carbons (Fsp3) is 0.100. The Balaban J connectivity index is 2.10. The van der Waals surface area contributed by atoms with Crippen LogP contribution in [0.2, 0.25) is 0 Å². The molecule has 5 nitrogen and oxygen atoms in total. The van der Waals surface area contributed by atoms with Crippen LogP contribution in [0.3, 0.4) is 0 Å². The van der Waals surface area contributed by atoms with E-state index in [0.717, 1.165) is 13.6 Å². The second-order valence-corrected chi connectivity index (χ2v) is 6.50. The molecule has 3 N–H and O–H groups in total. The van der Waals surface area contributed by atoms with Crippen LogP contribution in [0.4, 0.5) is 0 Å². The van der Waals surface area contributed by atoms with Crippen molar-refractivity contribution >= 4 is 40.7 Å². The van der Waals surface area contributed by atoms with E-state index in [0.29, 0.717) is 5.56 Å². The lowest BCUT2D eigenvalue weighted by Gasteiger charge is -2.00. The SMILES string of the molecule is CSc1nnc(Sc2ccc(/C(N)=N/O)cc2)s1. The van der Waals surface area contributed by atoms with Crippen molar-refractivity contribution in [2.75, 3.05) is 6.26 Å². The second-order valence-electron chi connectivity index (χ2n) is 3.15. The maximum atomic E-state index is 8.56. The van der Waals surface area contributed by atoms with E-state index in [1.807, 2.05) is 18.4 Å². The number of hydrogen-bond acceptors (Lipinski definition) is 7. The van der Waals surface area contributed by atoms with Crippen molar-refractivity contribution in [3.05, 3.63) is 29.8 Å². The molecule has 0 unspecified atom stereocenters. The highest BCUT2D eigenvalue weighted by atomic mass is 32.2. The predicted molar refractivity (Wildman–Crippen MR) is 74.8 cm³/mol. The van der Waals surface area contributed by atoms with Crippen molar-refractivity contribution in [3.63, 3.8) is 0 Å². The van der Waals surface area contributed by atoms with Gasteiger partial charge in [-0.2, -0.15) is 0 Å². The smallest absolute Gasteiger partial charge is 0.179 e. The lowest BCUT2D eigenvalue weighted by Crippen LogP contribution is -2.12. The lowest BCUT2D eigenvalue weighted by molar-refractivity contribution is 0.318. The number of amidine groups is 1. The molecule has 8 heteroatoms. The van der Waals surface area contributed by atoms with Crippen LogP contribution in [0.5, 0.6) is 0 Å². The molecule has 2 aromatic rings. The molecule has 94 valence electrons. The summed E-state index contributed by atoms with van der Waals surface area (Å²) in [4.78, 5) is 1.04. The number of thioether (sulfide) groups is 1. The first-order valence-electron chi connectivity index (χ1n) is 4.86. The molecule has 0 fully saturated rings. The Hall–Kier alpha value is -1.25. The summed E-state index contributed by atoms with van der Waals surface area (Å²) in [6.45, 7) is 0. The fourth-order valence-corrected chi connectivity index (χ4v) is 3.58. The Labute approximate surface area is 116 Å². The van der Waals surface area contributed by atoms with Gasteiger partial charge in [0, 0.05) is 10.5 Å². The van der Waals surface area contributed by atoms with Crippen molar-refractivity contribution < 1.29 is 5.21 Å². The zero-order chi connectivity index (χ0) is 13.0. The van der Waals surface area contributed by atoms with Crippen molar-refractivity contribution in [1.82, 2.24) is 10.2 Å². The third-order valence-electron chi connectivity index (χ3n) is 2.03. The van der Waals surface area contributed by atoms with Gasteiger partial charge in [0.15, 0.2) is 14.5 Å². The maximum absolute atomic E-state index is 8.56. The average Bonchev–Trinajstić information content (AvgIpc) is 2.86. The number of hydrogen-bond donors (Lipinski definition) is 2. The molecule has 18 heavy (non-hydrogen) atoms. The molecule has 0 spiro atoms. The van der Waals surface area contributed by atoms with Gasteiger partial charge in [-0.15, -0.1) is 10.2 Å². The molecule has 0 amide bonds. The zero-order valence-corrected chi connectivity index (χ0v) is 11.8. The van der Waals surface area contributed by atoms with Crippen molar-refractivity contribution in [2.24, 2.45) is 10.9 Å². The highest BCUT2D eigenvalue weighted by Crippen LogP contribution is 2.32. The molecule has 0 saturated heterocycles. The summed E-state index contributed by atoms with van der Waals surface area (Å²) in [5.41, 5.74) is 6.17. The minimum atomic E-state index is 0.104. The molecular weight excluding hydrogens is 288 g/mol. The highest BCUT2D eigenvalue weighted by molar-refractivity contribution is 8.03. The Morgan fingerprint density at radius 2 is 1.94 bits per heavy atom. The van der Waals surface area contributed by atoms with Gasteiger partial charge in [-0.3, -0.25) is 0 Å². The molecule has 0 bridgehead atoms. The number of benzene rings is 1. The number of nitrogens with zero attached hydrogens (tertiary/aromatic N) is 3. The van der Waals surface area contributed by atoms with Crippen LogP contribution in [0.25, 0.3) is 0 Å². The summed E-state index contributed by atoms with van der Waals surface area (Å²) < 4.78 is 1.85. The van der Waals surface area contributed by atoms with Gasteiger partial charge in [0.25, 0.3) is 0 Å². The summed E-state index contributed by atoms with van der Waals surface area (Å²) in [5.74, 6) is 0.104. The van der Waals surface area contributed by atoms with Crippen LogP contribution in [0.1, 0.15) is 5.56 Å². The largest absolute Gasteiger partial charge is 0.409 e. The summed E-state index contributed by atoms with van der Waals surface area (Å²) in [6.07, 6.45) is 1.97. The molecule has 1 aromatic carbocycles. The maximum Gasteiger partial charge on any atom is 0.179 e. The molecule has 0 aliphatic rings. The quantitative estimate of drug-likeness (QED) is 0.297. The molecule has 1 heterocycles. The first kappa shape index (κ1) is 13.2. The molecule has 0 aliphatic carbocycles. The molecule has 0 radical (unpaired) electrons. The third-order valence-corrected chi connectivity index (χ3v) is 4.98. The molecule has 1 aromatic heterocycles. The Morgan fingerprint density at radius 1 is 1.28 bits per heavy atom. The summed E-state index contributed by atoms with van der Waals surface area (Å²) in [7, 11) is 0. The van der Waals surface area contributed by atoms with Gasteiger partial charge in [0.1, 0.15) is 0 Å². The van der Waals surface area contributed by atoms with E-state index in [-0.39, 0.29) is 5.84 Å². The second kappa shape index (κ2) is 6.07. The Morgan fingerprint density at radius 3 is 2.50 bits per heavy atom. The first-order valence-corrected chi connectivity index (χ1v) is 7.72. The van der Waals surface area contributed by atoms with Crippen LogP contribution in [-0.4, -0.2) is 27.5 Å². The normalized spacial score (nSPS) is 11.7. The molecular formula is C10H10N4OS3. The van der Waals surface area contributed by atoms with E-state index in [2.05, 4.69) is 15.4 Å². The third kappa shape index (κ3) is 3.15. The average molecular weight is 298 g/mol. The summed E-state index contributed by atoms with van der Waals surface area (Å²) in [6, 6.07) is 7.40. The molecule has 0 saturated carbocycles. The van der Waals surface area contributed by atoms with Crippen LogP contribution in [0, 0.1) is 0 Å². The highest BCUT2D eigenvalue weighted by Gasteiger charge is 2.06. The molecule has 0 atom stereocenters. The zero-order valence-electron chi connectivity index (χ0n) is 9.40. The standard InChI is InChI=1S/C10H10N4OS3/c1-16-9-12-13-10(18-9)17-7-4-2-6(3-5-7)8(11)14-15/h2-5,15H,1H3,(H2,11,14). The van der Waals surface area contributed by atoms with Gasteiger partial charge in [-0.05, 0) is 18.4 Å². The fourth-order valence-electron chi connectivity index (χ4n) is 1.17. The van der Waals surface area contributed by atoms with Crippen molar-refractivity contribution in [3.8, 4) is 0 Å². The van der Waals surface area contributed by atoms with Gasteiger partial charge in [0.2, 0.25) is 0 Å². The van der Waals surface area contributed by atoms with Crippen molar-refractivity contribution in [1.29, 1.82) is 0 Å². The van der Waals surface area contributed by atoms with E-state index in [9.17, 15) is 0 Å². The Bertz CT molecular complexity index is 553. The molecule has 2 rings (SSSR count).